The van der Waals surface area contributed by atoms with E-state index in [1.807, 2.05) is 60.5 Å². The Hall–Kier alpha value is -2.93. The highest BCUT2D eigenvalue weighted by molar-refractivity contribution is 5.99. The quantitative estimate of drug-likeness (QED) is 0.808. The second-order valence-electron chi connectivity index (χ2n) is 7.65. The van der Waals surface area contributed by atoms with Crippen LogP contribution in [0.2, 0.25) is 0 Å². The van der Waals surface area contributed by atoms with Gasteiger partial charge in [0.15, 0.2) is 0 Å². The molecular weight excluding hydrogens is 356 g/mol. The first-order valence-electron chi connectivity index (χ1n) is 9.68. The molecule has 2 amide bonds. The van der Waals surface area contributed by atoms with Gasteiger partial charge in [0.1, 0.15) is 5.60 Å². The van der Waals surface area contributed by atoms with Crippen molar-refractivity contribution >= 4 is 17.5 Å². The zero-order valence-corrected chi connectivity index (χ0v) is 15.6. The summed E-state index contributed by atoms with van der Waals surface area (Å²) in [6, 6.07) is 9.34. The fraction of sp³-hybridized carbons (Fsp3) is 0.381. The second-order valence-corrected chi connectivity index (χ2v) is 7.65. The van der Waals surface area contributed by atoms with E-state index < -0.39 is 17.4 Å². The smallest absolute Gasteiger partial charge is 0.231 e. The number of amides is 2. The lowest BCUT2D eigenvalue weighted by Gasteiger charge is -2.23. The number of carbonyl (C=O) groups is 2. The van der Waals surface area contributed by atoms with Crippen LogP contribution in [0.25, 0.3) is 5.69 Å². The van der Waals surface area contributed by atoms with E-state index in [1.165, 1.54) is 0 Å². The topological polar surface area (TPSA) is 76.5 Å². The molecule has 2 fully saturated rings. The first-order valence-corrected chi connectivity index (χ1v) is 9.68. The predicted octanol–water partition coefficient (Wildman–Crippen LogP) is 2.00. The van der Waals surface area contributed by atoms with Gasteiger partial charge in [0, 0.05) is 24.6 Å². The number of carbonyl (C=O) groups excluding carboxylic acids is 2. The van der Waals surface area contributed by atoms with Crippen LogP contribution in [-0.4, -0.2) is 51.3 Å². The SMILES string of the molecule is CCCN1C[C@]23C=C[C@H](O2)[C@H](C(=O)Nc2cccc(-n4cccn4)c2)[C@@H]3C1=O. The number of ether oxygens (including phenoxy) is 1. The Morgan fingerprint density at radius 1 is 1.39 bits per heavy atom. The van der Waals surface area contributed by atoms with Gasteiger partial charge in [0.25, 0.3) is 0 Å². The lowest BCUT2D eigenvalue weighted by Crippen LogP contribution is -2.41. The van der Waals surface area contributed by atoms with Gasteiger partial charge in [-0.05, 0) is 30.7 Å². The summed E-state index contributed by atoms with van der Waals surface area (Å²) in [5, 5.41) is 7.20. The van der Waals surface area contributed by atoms with Gasteiger partial charge in [-0.1, -0.05) is 25.1 Å². The molecule has 1 aromatic carbocycles. The maximum atomic E-state index is 13.1. The molecular formula is C21H22N4O3. The zero-order valence-electron chi connectivity index (χ0n) is 15.6. The van der Waals surface area contributed by atoms with Crippen LogP contribution in [0.3, 0.4) is 0 Å². The first-order chi connectivity index (χ1) is 13.6. The van der Waals surface area contributed by atoms with Crippen molar-refractivity contribution in [2.45, 2.75) is 25.0 Å². The maximum Gasteiger partial charge on any atom is 0.231 e. The standard InChI is InChI=1S/C21H22N4O3/c1-2-10-24-13-21-8-7-16(28-21)17(18(21)20(24)27)19(26)23-14-5-3-6-15(12-14)25-11-4-9-22-25/h3-9,11-12,16-18H,2,10,13H2,1H3,(H,23,26)/t16-,17-,18+,21-/m0/s1. The molecule has 3 aliphatic heterocycles. The highest BCUT2D eigenvalue weighted by Crippen LogP contribution is 2.52. The van der Waals surface area contributed by atoms with Crippen molar-refractivity contribution in [2.24, 2.45) is 11.8 Å². The number of hydrogen-bond acceptors (Lipinski definition) is 4. The number of rotatable bonds is 5. The number of likely N-dealkylation sites (tertiary alicyclic amines) is 1. The van der Waals surface area contributed by atoms with Gasteiger partial charge < -0.3 is 15.0 Å². The Kier molecular flexibility index (Phi) is 3.87. The van der Waals surface area contributed by atoms with Gasteiger partial charge in [0.2, 0.25) is 11.8 Å². The molecule has 2 bridgehead atoms. The van der Waals surface area contributed by atoms with Gasteiger partial charge in [-0.2, -0.15) is 5.10 Å². The van der Waals surface area contributed by atoms with Crippen molar-refractivity contribution in [3.05, 3.63) is 54.9 Å². The van der Waals surface area contributed by atoms with Crippen molar-refractivity contribution < 1.29 is 14.3 Å². The Morgan fingerprint density at radius 3 is 3.07 bits per heavy atom. The largest absolute Gasteiger partial charge is 0.360 e. The van der Waals surface area contributed by atoms with E-state index in [4.69, 9.17) is 4.74 Å². The third-order valence-corrected chi connectivity index (χ3v) is 5.86. The van der Waals surface area contributed by atoms with Crippen LogP contribution in [0.4, 0.5) is 5.69 Å². The predicted molar refractivity (Wildman–Crippen MR) is 103 cm³/mol. The van der Waals surface area contributed by atoms with E-state index in [1.54, 1.807) is 10.9 Å². The summed E-state index contributed by atoms with van der Waals surface area (Å²) in [5.41, 5.74) is 0.889. The lowest BCUT2D eigenvalue weighted by molar-refractivity contribution is -0.135. The Bertz CT molecular complexity index is 954. The molecule has 4 atom stereocenters. The normalized spacial score (nSPS) is 30.1. The van der Waals surface area contributed by atoms with E-state index >= 15 is 0 Å². The molecule has 0 unspecified atom stereocenters. The summed E-state index contributed by atoms with van der Waals surface area (Å²) in [6.07, 6.45) is 8.02. The number of nitrogens with one attached hydrogen (secondary N) is 1. The minimum absolute atomic E-state index is 0.0270. The van der Waals surface area contributed by atoms with Crippen LogP contribution in [0.5, 0.6) is 0 Å². The number of aromatic nitrogens is 2. The van der Waals surface area contributed by atoms with Crippen LogP contribution in [-0.2, 0) is 14.3 Å². The summed E-state index contributed by atoms with van der Waals surface area (Å²) in [7, 11) is 0. The van der Waals surface area contributed by atoms with E-state index in [0.717, 1.165) is 12.1 Å². The molecule has 0 saturated carbocycles. The molecule has 0 aliphatic carbocycles. The molecule has 144 valence electrons. The molecule has 7 nitrogen and oxygen atoms in total. The average molecular weight is 378 g/mol. The highest BCUT2D eigenvalue weighted by Gasteiger charge is 2.66. The van der Waals surface area contributed by atoms with Gasteiger partial charge >= 0.3 is 0 Å². The summed E-state index contributed by atoms with van der Waals surface area (Å²) < 4.78 is 7.87. The third kappa shape index (κ3) is 2.50. The van der Waals surface area contributed by atoms with Gasteiger partial charge in [-0.3, -0.25) is 9.59 Å². The average Bonchev–Trinajstić information content (AvgIpc) is 3.45. The fourth-order valence-electron chi connectivity index (χ4n) is 4.71. The number of fused-ring (bicyclic) bond motifs is 1. The van der Waals surface area contributed by atoms with Crippen LogP contribution in [0, 0.1) is 11.8 Å². The van der Waals surface area contributed by atoms with Crippen molar-refractivity contribution in [2.75, 3.05) is 18.4 Å². The summed E-state index contributed by atoms with van der Waals surface area (Å²) in [5.74, 6) is -1.10. The molecule has 5 rings (SSSR count). The molecule has 3 aliphatic rings. The Labute approximate surface area is 163 Å². The molecule has 1 aromatic heterocycles. The van der Waals surface area contributed by atoms with Crippen molar-refractivity contribution in [1.29, 1.82) is 0 Å². The molecule has 1 spiro atoms. The molecule has 7 heteroatoms. The Balaban J connectivity index is 1.39. The molecule has 28 heavy (non-hydrogen) atoms. The van der Waals surface area contributed by atoms with E-state index in [-0.39, 0.29) is 17.9 Å². The molecule has 1 N–H and O–H groups in total. The van der Waals surface area contributed by atoms with Gasteiger partial charge in [-0.15, -0.1) is 0 Å². The number of anilines is 1. The molecule has 4 heterocycles. The second kappa shape index (κ2) is 6.31. The molecule has 2 aromatic rings. The van der Waals surface area contributed by atoms with Crippen molar-refractivity contribution in [3.8, 4) is 5.69 Å². The van der Waals surface area contributed by atoms with E-state index in [9.17, 15) is 9.59 Å². The highest BCUT2D eigenvalue weighted by atomic mass is 16.5. The number of hydrogen-bond donors (Lipinski definition) is 1. The van der Waals surface area contributed by atoms with Gasteiger partial charge in [-0.25, -0.2) is 4.68 Å². The number of nitrogens with zero attached hydrogens (tertiary/aromatic N) is 3. The van der Waals surface area contributed by atoms with E-state index in [2.05, 4.69) is 10.4 Å². The van der Waals surface area contributed by atoms with Crippen LogP contribution >= 0.6 is 0 Å². The first kappa shape index (κ1) is 17.2. The summed E-state index contributed by atoms with van der Waals surface area (Å²) in [6.45, 7) is 3.28. The lowest BCUT2D eigenvalue weighted by atomic mass is 9.77. The zero-order chi connectivity index (χ0) is 19.3. The summed E-state index contributed by atoms with van der Waals surface area (Å²) in [4.78, 5) is 27.9. The van der Waals surface area contributed by atoms with Gasteiger partial charge in [0.05, 0.1) is 30.2 Å². The van der Waals surface area contributed by atoms with E-state index in [0.29, 0.717) is 18.8 Å². The number of benzene rings is 1. The molecule has 2 saturated heterocycles. The monoisotopic (exact) mass is 378 g/mol. The third-order valence-electron chi connectivity index (χ3n) is 5.86. The minimum atomic E-state index is -0.643. The van der Waals surface area contributed by atoms with Crippen LogP contribution in [0.15, 0.2) is 54.9 Å². The maximum absolute atomic E-state index is 13.1. The summed E-state index contributed by atoms with van der Waals surface area (Å²) >= 11 is 0. The van der Waals surface area contributed by atoms with Crippen LogP contribution in [0.1, 0.15) is 13.3 Å². The fourth-order valence-corrected chi connectivity index (χ4v) is 4.71. The van der Waals surface area contributed by atoms with Crippen molar-refractivity contribution in [1.82, 2.24) is 14.7 Å². The Morgan fingerprint density at radius 2 is 2.29 bits per heavy atom. The minimum Gasteiger partial charge on any atom is -0.360 e. The van der Waals surface area contributed by atoms with Crippen LogP contribution < -0.4 is 5.32 Å². The molecule has 0 radical (unpaired) electrons. The van der Waals surface area contributed by atoms with Crippen molar-refractivity contribution in [3.63, 3.8) is 0 Å².